The zero-order valence-electron chi connectivity index (χ0n) is 14.2. The van der Waals surface area contributed by atoms with Gasteiger partial charge in [-0.2, -0.15) is 0 Å². The van der Waals surface area contributed by atoms with Gasteiger partial charge in [0.25, 0.3) is 0 Å². The van der Waals surface area contributed by atoms with Crippen LogP contribution in [0, 0.1) is 13.8 Å². The number of rotatable bonds is 3. The minimum absolute atomic E-state index is 0.179. The van der Waals surface area contributed by atoms with E-state index in [4.69, 9.17) is 11.6 Å². The summed E-state index contributed by atoms with van der Waals surface area (Å²) in [5, 5.41) is 10.6. The van der Waals surface area contributed by atoms with Gasteiger partial charge < -0.3 is 5.11 Å². The number of hydrogen-bond acceptors (Lipinski definition) is 3. The zero-order valence-corrected chi connectivity index (χ0v) is 15.7. The summed E-state index contributed by atoms with van der Waals surface area (Å²) in [7, 11) is 0. The third-order valence-corrected chi connectivity index (χ3v) is 5.71. The highest BCUT2D eigenvalue weighted by Gasteiger charge is 2.25. The lowest BCUT2D eigenvalue weighted by Gasteiger charge is -2.07. The molecule has 130 valence electrons. The number of thiazole rings is 1. The molecule has 0 bridgehead atoms. The minimum atomic E-state index is -0.999. The van der Waals surface area contributed by atoms with Gasteiger partial charge in [-0.15, -0.1) is 11.3 Å². The third kappa shape index (κ3) is 2.60. The maximum Gasteiger partial charge on any atom is 0.355 e. The summed E-state index contributed by atoms with van der Waals surface area (Å²) in [6.45, 7) is 3.92. The van der Waals surface area contributed by atoms with Crippen LogP contribution in [0.4, 0.5) is 0 Å². The fraction of sp³-hybridized carbons (Fsp3) is 0.100. The Kier molecular flexibility index (Phi) is 4.05. The normalized spacial score (nSPS) is 11.2. The first-order valence-electron chi connectivity index (χ1n) is 8.04. The van der Waals surface area contributed by atoms with E-state index >= 15 is 0 Å². The first-order valence-corrected chi connectivity index (χ1v) is 9.24. The number of benzene rings is 2. The van der Waals surface area contributed by atoms with Gasteiger partial charge in [-0.1, -0.05) is 48.0 Å². The molecule has 4 aromatic rings. The molecule has 0 saturated heterocycles. The van der Waals surface area contributed by atoms with Gasteiger partial charge in [-0.25, -0.2) is 9.78 Å². The molecule has 0 aliphatic carbocycles. The predicted octanol–water partition coefficient (Wildman–Crippen LogP) is 5.70. The summed E-state index contributed by atoms with van der Waals surface area (Å²) in [5.74, 6) is -0.999. The first kappa shape index (κ1) is 16.8. The van der Waals surface area contributed by atoms with E-state index < -0.39 is 5.97 Å². The molecule has 0 atom stereocenters. The molecule has 0 amide bonds. The summed E-state index contributed by atoms with van der Waals surface area (Å²) in [5.41, 5.74) is 4.17. The van der Waals surface area contributed by atoms with E-state index in [9.17, 15) is 9.90 Å². The number of aromatic nitrogens is 2. The van der Waals surface area contributed by atoms with E-state index in [0.717, 1.165) is 27.3 Å². The van der Waals surface area contributed by atoms with E-state index in [1.165, 1.54) is 11.3 Å². The molecular formula is C20H15ClN2O2S. The van der Waals surface area contributed by atoms with Crippen molar-refractivity contribution in [3.05, 3.63) is 69.7 Å². The average molecular weight is 383 g/mol. The van der Waals surface area contributed by atoms with Crippen LogP contribution in [0.1, 0.15) is 20.9 Å². The van der Waals surface area contributed by atoms with Crippen LogP contribution in [0.5, 0.6) is 0 Å². The van der Waals surface area contributed by atoms with Crippen molar-refractivity contribution in [1.29, 1.82) is 0 Å². The minimum Gasteiger partial charge on any atom is -0.476 e. The number of aromatic carboxylic acids is 1. The fourth-order valence-corrected chi connectivity index (χ4v) is 4.25. The Morgan fingerprint density at radius 1 is 1.12 bits per heavy atom. The summed E-state index contributed by atoms with van der Waals surface area (Å²) in [4.78, 5) is 18.4. The van der Waals surface area contributed by atoms with Crippen molar-refractivity contribution in [3.8, 4) is 22.5 Å². The molecule has 26 heavy (non-hydrogen) atoms. The maximum atomic E-state index is 12.1. The number of hydrogen-bond donors (Lipinski definition) is 1. The number of fused-ring (bicyclic) bond motifs is 1. The van der Waals surface area contributed by atoms with Crippen molar-refractivity contribution >= 4 is 33.9 Å². The lowest BCUT2D eigenvalue weighted by Crippen LogP contribution is -2.05. The second-order valence-corrected chi connectivity index (χ2v) is 7.66. The van der Waals surface area contributed by atoms with Crippen molar-refractivity contribution in [3.63, 3.8) is 0 Å². The largest absolute Gasteiger partial charge is 0.476 e. The molecule has 0 saturated carbocycles. The second kappa shape index (κ2) is 6.27. The second-order valence-electron chi connectivity index (χ2n) is 6.07. The number of carbonyl (C=O) groups is 1. The molecule has 0 unspecified atom stereocenters. The topological polar surface area (TPSA) is 54.6 Å². The van der Waals surface area contributed by atoms with E-state index in [-0.39, 0.29) is 5.69 Å². The summed E-state index contributed by atoms with van der Waals surface area (Å²) < 4.78 is 1.74. The van der Waals surface area contributed by atoms with Crippen molar-refractivity contribution in [1.82, 2.24) is 9.38 Å². The summed E-state index contributed by atoms with van der Waals surface area (Å²) in [6.07, 6.45) is 0. The number of halogens is 1. The average Bonchev–Trinajstić information content (AvgIpc) is 3.12. The lowest BCUT2D eigenvalue weighted by molar-refractivity contribution is 0.0690. The molecule has 4 rings (SSSR count). The van der Waals surface area contributed by atoms with E-state index in [2.05, 4.69) is 4.98 Å². The Bertz CT molecular complexity index is 1150. The highest BCUT2D eigenvalue weighted by Crippen LogP contribution is 2.37. The van der Waals surface area contributed by atoms with E-state index in [1.807, 2.05) is 62.4 Å². The van der Waals surface area contributed by atoms with Crippen molar-refractivity contribution in [2.24, 2.45) is 0 Å². The molecule has 4 nitrogen and oxygen atoms in total. The Balaban J connectivity index is 2.06. The standard InChI is InChI=1S/C20H15ClN2O2S/c1-11-10-14(8-9-15(11)21)17-12(2)26-20-22-16(13-6-4-3-5-7-13)18(19(24)25)23(17)20/h3-10H,1-2H3,(H,24,25). The summed E-state index contributed by atoms with van der Waals surface area (Å²) in [6, 6.07) is 15.1. The fourth-order valence-electron chi connectivity index (χ4n) is 3.14. The molecule has 0 spiro atoms. The van der Waals surface area contributed by atoms with E-state index in [0.29, 0.717) is 15.7 Å². The van der Waals surface area contributed by atoms with Crippen LogP contribution in [0.3, 0.4) is 0 Å². The summed E-state index contributed by atoms with van der Waals surface area (Å²) >= 11 is 7.64. The molecule has 0 aliphatic heterocycles. The molecule has 2 aromatic carbocycles. The Labute approximate surface area is 159 Å². The monoisotopic (exact) mass is 382 g/mol. The van der Waals surface area contributed by atoms with Gasteiger partial charge in [-0.3, -0.25) is 4.40 Å². The van der Waals surface area contributed by atoms with Gasteiger partial charge in [0.1, 0.15) is 5.69 Å². The van der Waals surface area contributed by atoms with Crippen LogP contribution in [0.2, 0.25) is 5.02 Å². The molecule has 2 aromatic heterocycles. The van der Waals surface area contributed by atoms with Gasteiger partial charge in [0, 0.05) is 21.0 Å². The number of carboxylic acid groups (broad SMARTS) is 1. The lowest BCUT2D eigenvalue weighted by atomic mass is 10.1. The molecule has 1 N–H and O–H groups in total. The van der Waals surface area contributed by atoms with Crippen LogP contribution < -0.4 is 0 Å². The quantitative estimate of drug-likeness (QED) is 0.494. The number of imidazole rings is 1. The highest BCUT2D eigenvalue weighted by atomic mass is 35.5. The molecule has 2 heterocycles. The molecule has 0 aliphatic rings. The van der Waals surface area contributed by atoms with Gasteiger partial charge >= 0.3 is 5.97 Å². The smallest absolute Gasteiger partial charge is 0.355 e. The Morgan fingerprint density at radius 3 is 2.50 bits per heavy atom. The number of aryl methyl sites for hydroxylation is 2. The van der Waals surface area contributed by atoms with Crippen molar-refractivity contribution in [2.75, 3.05) is 0 Å². The maximum absolute atomic E-state index is 12.1. The Hall–Kier alpha value is -2.63. The highest BCUT2D eigenvalue weighted by molar-refractivity contribution is 7.17. The van der Waals surface area contributed by atoms with Gasteiger partial charge in [0.05, 0.1) is 5.69 Å². The van der Waals surface area contributed by atoms with Crippen LogP contribution in [0.25, 0.3) is 27.5 Å². The predicted molar refractivity (Wildman–Crippen MR) is 105 cm³/mol. The molecule has 6 heteroatoms. The number of carboxylic acids is 1. The first-order chi connectivity index (χ1) is 12.5. The molecule has 0 radical (unpaired) electrons. The van der Waals surface area contributed by atoms with Crippen LogP contribution in [-0.4, -0.2) is 20.5 Å². The van der Waals surface area contributed by atoms with Gasteiger partial charge in [0.2, 0.25) is 0 Å². The van der Waals surface area contributed by atoms with Crippen LogP contribution >= 0.6 is 22.9 Å². The van der Waals surface area contributed by atoms with Gasteiger partial charge in [-0.05, 0) is 31.5 Å². The van der Waals surface area contributed by atoms with Gasteiger partial charge in [0.15, 0.2) is 10.7 Å². The molecule has 0 fully saturated rings. The van der Waals surface area contributed by atoms with Crippen LogP contribution in [0.15, 0.2) is 48.5 Å². The molecular weight excluding hydrogens is 368 g/mol. The third-order valence-electron chi connectivity index (χ3n) is 4.33. The SMILES string of the molecule is Cc1cc(-c2c(C)sc3nc(-c4ccccc4)c(C(=O)O)n23)ccc1Cl. The van der Waals surface area contributed by atoms with Crippen molar-refractivity contribution in [2.45, 2.75) is 13.8 Å². The Morgan fingerprint density at radius 2 is 1.85 bits per heavy atom. The zero-order chi connectivity index (χ0) is 18.4. The van der Waals surface area contributed by atoms with Crippen LogP contribution in [-0.2, 0) is 0 Å². The number of nitrogens with zero attached hydrogens (tertiary/aromatic N) is 2. The van der Waals surface area contributed by atoms with Crippen molar-refractivity contribution < 1.29 is 9.90 Å². The van der Waals surface area contributed by atoms with E-state index in [1.54, 1.807) is 4.40 Å².